The first-order valence-corrected chi connectivity index (χ1v) is 3.34. The largest absolute Gasteiger partial charge is 0.281 e. The molecule has 56 valence electrons. The first-order valence-electron chi connectivity index (χ1n) is 3.34. The zero-order chi connectivity index (χ0) is 7.78. The van der Waals surface area contributed by atoms with Gasteiger partial charge in [-0.3, -0.25) is 9.58 Å². The fourth-order valence-electron chi connectivity index (χ4n) is 0.747. The quantitative estimate of drug-likeness (QED) is 0.577. The van der Waals surface area contributed by atoms with Gasteiger partial charge >= 0.3 is 0 Å². The molecule has 0 atom stereocenters. The number of nitrogens with zero attached hydrogens (tertiary/aromatic N) is 2. The third kappa shape index (κ3) is 1.36. The molecule has 0 aliphatic carbocycles. The lowest BCUT2D eigenvalue weighted by atomic mass is 10.4. The monoisotopic (exact) mass is 140 g/mol. The van der Waals surface area contributed by atoms with Crippen LogP contribution in [0.3, 0.4) is 0 Å². The molecule has 0 saturated carbocycles. The summed E-state index contributed by atoms with van der Waals surface area (Å²) in [7, 11) is 6.28. The summed E-state index contributed by atoms with van der Waals surface area (Å²) in [6, 6.07) is 2.06. The number of aromatic amines is 1. The fraction of sp³-hybridized carbons (Fsp3) is 0.571. The maximum atomic E-state index is 4.13. The Labute approximate surface area is 61.3 Å². The molecule has 1 aromatic heterocycles. The lowest BCUT2D eigenvalue weighted by Crippen LogP contribution is -2.35. The number of nitrogens with one attached hydrogen (secondary N) is 1. The minimum absolute atomic E-state index is 0.768. The summed E-state index contributed by atoms with van der Waals surface area (Å²) in [5.41, 5.74) is 1.11. The first kappa shape index (κ1) is 7.28. The van der Waals surface area contributed by atoms with Crippen molar-refractivity contribution in [2.24, 2.45) is 0 Å². The van der Waals surface area contributed by atoms with Gasteiger partial charge in [0, 0.05) is 11.8 Å². The van der Waals surface area contributed by atoms with Crippen LogP contribution in [-0.4, -0.2) is 31.3 Å². The molecule has 0 aliphatic heterocycles. The predicted molar refractivity (Wildman–Crippen MR) is 42.9 cm³/mol. The number of hydrogen-bond donors (Lipinski definition) is 1. The third-order valence-electron chi connectivity index (χ3n) is 1.38. The Morgan fingerprint density at radius 3 is 2.20 bits per heavy atom. The van der Waals surface area contributed by atoms with Gasteiger partial charge in [-0.05, 0) is 6.92 Å². The fourth-order valence-corrected chi connectivity index (χ4v) is 0.747. The SMILES string of the molecule is Cc1cc([N+](C)(C)C)n[nH]1. The Morgan fingerprint density at radius 2 is 2.00 bits per heavy atom. The third-order valence-corrected chi connectivity index (χ3v) is 1.38. The van der Waals surface area contributed by atoms with Gasteiger partial charge in [-0.25, -0.2) is 0 Å². The topological polar surface area (TPSA) is 28.7 Å². The van der Waals surface area contributed by atoms with E-state index in [0.717, 1.165) is 16.0 Å². The number of hydrogen-bond acceptors (Lipinski definition) is 1. The Morgan fingerprint density at radius 1 is 1.40 bits per heavy atom. The summed E-state index contributed by atoms with van der Waals surface area (Å²) < 4.78 is 0.768. The van der Waals surface area contributed by atoms with Crippen LogP contribution in [0.15, 0.2) is 6.07 Å². The highest BCUT2D eigenvalue weighted by Gasteiger charge is 2.14. The molecule has 0 saturated heterocycles. The van der Waals surface area contributed by atoms with Gasteiger partial charge in [0.25, 0.3) is 0 Å². The van der Waals surface area contributed by atoms with E-state index in [4.69, 9.17) is 0 Å². The molecule has 0 unspecified atom stereocenters. The minimum Gasteiger partial charge on any atom is -0.281 e. The maximum absolute atomic E-state index is 4.13. The van der Waals surface area contributed by atoms with Crippen LogP contribution in [-0.2, 0) is 0 Å². The van der Waals surface area contributed by atoms with E-state index in [9.17, 15) is 0 Å². The molecule has 0 bridgehead atoms. The van der Waals surface area contributed by atoms with Crippen molar-refractivity contribution < 1.29 is 0 Å². The second-order valence-electron chi connectivity index (χ2n) is 3.42. The highest BCUT2D eigenvalue weighted by molar-refractivity contribution is 5.32. The molecule has 3 heteroatoms. The van der Waals surface area contributed by atoms with Gasteiger partial charge in [-0.2, -0.15) is 0 Å². The second-order valence-corrected chi connectivity index (χ2v) is 3.42. The van der Waals surface area contributed by atoms with Crippen LogP contribution in [0.4, 0.5) is 5.82 Å². The molecule has 0 spiro atoms. The molecule has 0 aliphatic rings. The van der Waals surface area contributed by atoms with Gasteiger partial charge in [0.1, 0.15) is 0 Å². The van der Waals surface area contributed by atoms with Crippen molar-refractivity contribution in [1.29, 1.82) is 0 Å². The van der Waals surface area contributed by atoms with Crippen molar-refractivity contribution in [3.05, 3.63) is 11.8 Å². The van der Waals surface area contributed by atoms with Crippen LogP contribution < -0.4 is 4.48 Å². The molecule has 0 aromatic carbocycles. The summed E-state index contributed by atoms with van der Waals surface area (Å²) in [5, 5.41) is 7.04. The molecule has 0 fully saturated rings. The minimum atomic E-state index is 0.768. The van der Waals surface area contributed by atoms with Crippen molar-refractivity contribution in [1.82, 2.24) is 14.7 Å². The number of rotatable bonds is 1. The van der Waals surface area contributed by atoms with Crippen molar-refractivity contribution in [2.75, 3.05) is 21.1 Å². The zero-order valence-electron chi connectivity index (χ0n) is 6.97. The van der Waals surface area contributed by atoms with Gasteiger partial charge in [0.2, 0.25) is 5.82 Å². The standard InChI is InChI=1S/C7H14N3/c1-6-5-7(9-8-6)10(2,3)4/h5H,1-4H3,(H,8,9)/q+1. The molecule has 1 heterocycles. The van der Waals surface area contributed by atoms with Gasteiger partial charge in [-0.15, -0.1) is 5.10 Å². The maximum Gasteiger partial charge on any atom is 0.245 e. The second kappa shape index (κ2) is 2.09. The summed E-state index contributed by atoms with van der Waals surface area (Å²) in [6.07, 6.45) is 0. The summed E-state index contributed by atoms with van der Waals surface area (Å²) in [5.74, 6) is 1.07. The van der Waals surface area contributed by atoms with Crippen molar-refractivity contribution >= 4 is 5.82 Å². The van der Waals surface area contributed by atoms with E-state index in [0.29, 0.717) is 0 Å². The van der Waals surface area contributed by atoms with E-state index >= 15 is 0 Å². The first-order chi connectivity index (χ1) is 4.50. The number of aryl methyl sites for hydroxylation is 1. The molecule has 1 aromatic rings. The lowest BCUT2D eigenvalue weighted by molar-refractivity contribution is 0.472. The zero-order valence-corrected chi connectivity index (χ0v) is 6.97. The average Bonchev–Trinajstić information content (AvgIpc) is 2.11. The lowest BCUT2D eigenvalue weighted by Gasteiger charge is -2.19. The van der Waals surface area contributed by atoms with Crippen molar-refractivity contribution in [2.45, 2.75) is 6.92 Å². The van der Waals surface area contributed by atoms with Crippen LogP contribution in [0.2, 0.25) is 0 Å². The molecular weight excluding hydrogens is 126 g/mol. The van der Waals surface area contributed by atoms with Crippen LogP contribution in [0.1, 0.15) is 5.69 Å². The van der Waals surface area contributed by atoms with Crippen molar-refractivity contribution in [3.63, 3.8) is 0 Å². The Bertz CT molecular complexity index is 219. The molecule has 3 nitrogen and oxygen atoms in total. The number of aromatic nitrogens is 2. The summed E-state index contributed by atoms with van der Waals surface area (Å²) in [6.45, 7) is 2.01. The molecule has 10 heavy (non-hydrogen) atoms. The normalized spacial score (nSPS) is 12.0. The van der Waals surface area contributed by atoms with Gasteiger partial charge < -0.3 is 0 Å². The Balaban J connectivity index is 2.96. The van der Waals surface area contributed by atoms with E-state index in [-0.39, 0.29) is 0 Å². The Kier molecular flexibility index (Phi) is 1.52. The number of H-pyrrole nitrogens is 1. The van der Waals surface area contributed by atoms with Crippen LogP contribution in [0.5, 0.6) is 0 Å². The number of quaternary nitrogens is 1. The van der Waals surface area contributed by atoms with E-state index in [2.05, 4.69) is 37.4 Å². The van der Waals surface area contributed by atoms with E-state index in [1.54, 1.807) is 0 Å². The van der Waals surface area contributed by atoms with Gasteiger partial charge in [0.05, 0.1) is 21.1 Å². The van der Waals surface area contributed by atoms with Crippen LogP contribution >= 0.6 is 0 Å². The average molecular weight is 140 g/mol. The van der Waals surface area contributed by atoms with E-state index < -0.39 is 0 Å². The van der Waals surface area contributed by atoms with Gasteiger partial charge in [0.15, 0.2) is 0 Å². The van der Waals surface area contributed by atoms with Crippen LogP contribution in [0, 0.1) is 6.92 Å². The molecule has 0 radical (unpaired) electrons. The van der Waals surface area contributed by atoms with E-state index in [1.165, 1.54) is 0 Å². The molecular formula is C7H14N3+. The van der Waals surface area contributed by atoms with Gasteiger partial charge in [-0.1, -0.05) is 0 Å². The van der Waals surface area contributed by atoms with E-state index in [1.807, 2.05) is 6.92 Å². The van der Waals surface area contributed by atoms with Crippen LogP contribution in [0.25, 0.3) is 0 Å². The summed E-state index contributed by atoms with van der Waals surface area (Å²) >= 11 is 0. The summed E-state index contributed by atoms with van der Waals surface area (Å²) in [4.78, 5) is 0. The predicted octanol–water partition coefficient (Wildman–Crippen LogP) is 0.915. The smallest absolute Gasteiger partial charge is 0.245 e. The van der Waals surface area contributed by atoms with Crippen molar-refractivity contribution in [3.8, 4) is 0 Å². The molecule has 0 amide bonds. The molecule has 1 rings (SSSR count). The Hall–Kier alpha value is -0.830. The highest BCUT2D eigenvalue weighted by Crippen LogP contribution is 2.12. The highest BCUT2D eigenvalue weighted by atomic mass is 15.4. The molecule has 1 N–H and O–H groups in total.